The Balaban J connectivity index is 1.77. The van der Waals surface area contributed by atoms with Gasteiger partial charge in [-0.25, -0.2) is 14.2 Å². The van der Waals surface area contributed by atoms with Gasteiger partial charge in [-0.1, -0.05) is 0 Å². The smallest absolute Gasteiger partial charge is 0.304 e. The quantitative estimate of drug-likeness (QED) is 0.810. The van der Waals surface area contributed by atoms with Gasteiger partial charge in [0.2, 0.25) is 0 Å². The fourth-order valence-corrected chi connectivity index (χ4v) is 4.06. The third-order valence-corrected chi connectivity index (χ3v) is 5.57. The lowest BCUT2D eigenvalue weighted by Gasteiger charge is -2.17. The van der Waals surface area contributed by atoms with Crippen LogP contribution in [0.1, 0.15) is 22.5 Å². The van der Waals surface area contributed by atoms with Crippen molar-refractivity contribution in [2.75, 3.05) is 26.8 Å². The minimum Gasteiger partial charge on any atom is -0.384 e. The normalized spacial score (nSPS) is 19.0. The van der Waals surface area contributed by atoms with Gasteiger partial charge in [-0.2, -0.15) is 17.8 Å². The molecule has 1 unspecified atom stereocenters. The summed E-state index contributed by atoms with van der Waals surface area (Å²) in [6.45, 7) is 2.89. The van der Waals surface area contributed by atoms with E-state index < -0.39 is 16.1 Å². The molecule has 1 aliphatic rings. The number of rotatable bonds is 5. The minimum atomic E-state index is -3.89. The van der Waals surface area contributed by atoms with Crippen molar-refractivity contribution < 1.29 is 17.9 Å². The van der Waals surface area contributed by atoms with Crippen LogP contribution in [0.5, 0.6) is 0 Å². The van der Waals surface area contributed by atoms with Crippen molar-refractivity contribution in [2.45, 2.75) is 13.3 Å². The fourth-order valence-electron chi connectivity index (χ4n) is 2.84. The summed E-state index contributed by atoms with van der Waals surface area (Å²) in [6.07, 6.45) is 3.63. The zero-order chi connectivity index (χ0) is 17.3. The van der Waals surface area contributed by atoms with Gasteiger partial charge in [-0.15, -0.1) is 0 Å². The molecule has 9 nitrogen and oxygen atoms in total. The van der Waals surface area contributed by atoms with Gasteiger partial charge in [0, 0.05) is 32.5 Å². The van der Waals surface area contributed by atoms with Gasteiger partial charge < -0.3 is 4.74 Å². The highest BCUT2D eigenvalue weighted by Gasteiger charge is 2.33. The topological polar surface area (TPSA) is 106 Å². The van der Waals surface area contributed by atoms with E-state index in [9.17, 15) is 13.2 Å². The van der Waals surface area contributed by atoms with Crippen molar-refractivity contribution in [2.24, 2.45) is 5.92 Å². The number of carbonyl (C=O) groups is 1. The summed E-state index contributed by atoms with van der Waals surface area (Å²) in [5.74, 6) is -0.571. The van der Waals surface area contributed by atoms with E-state index in [4.69, 9.17) is 4.74 Å². The molecular formula is C14H19N5O4S. The number of amides is 1. The van der Waals surface area contributed by atoms with Gasteiger partial charge in [0.25, 0.3) is 5.91 Å². The van der Waals surface area contributed by atoms with Crippen molar-refractivity contribution in [1.29, 1.82) is 0 Å². The van der Waals surface area contributed by atoms with Crippen molar-refractivity contribution >= 4 is 21.8 Å². The molecule has 2 aromatic rings. The monoisotopic (exact) mass is 353 g/mol. The molecule has 2 aromatic heterocycles. The average Bonchev–Trinajstić information content (AvgIpc) is 3.16. The lowest BCUT2D eigenvalue weighted by molar-refractivity contribution is 0.0977. The van der Waals surface area contributed by atoms with Gasteiger partial charge in [0.05, 0.1) is 24.1 Å². The molecule has 3 rings (SSSR count). The Morgan fingerprint density at radius 3 is 3.04 bits per heavy atom. The Kier molecular flexibility index (Phi) is 4.52. The summed E-state index contributed by atoms with van der Waals surface area (Å²) in [5.41, 5.74) is 1.28. The Morgan fingerprint density at radius 1 is 1.50 bits per heavy atom. The van der Waals surface area contributed by atoms with Crippen LogP contribution in [0.3, 0.4) is 0 Å². The van der Waals surface area contributed by atoms with E-state index in [0.29, 0.717) is 37.5 Å². The van der Waals surface area contributed by atoms with Gasteiger partial charge in [0.15, 0.2) is 5.65 Å². The first-order valence-corrected chi connectivity index (χ1v) is 8.97. The second kappa shape index (κ2) is 6.46. The molecule has 0 spiro atoms. The van der Waals surface area contributed by atoms with Gasteiger partial charge >= 0.3 is 10.2 Å². The zero-order valence-corrected chi connectivity index (χ0v) is 14.3. The second-order valence-corrected chi connectivity index (χ2v) is 7.43. The highest BCUT2D eigenvalue weighted by Crippen LogP contribution is 2.19. The molecule has 0 aliphatic carbocycles. The second-order valence-electron chi connectivity index (χ2n) is 5.76. The van der Waals surface area contributed by atoms with E-state index >= 15 is 0 Å². The van der Waals surface area contributed by atoms with Crippen LogP contribution in [0, 0.1) is 12.8 Å². The molecule has 1 amide bonds. The largest absolute Gasteiger partial charge is 0.384 e. The third-order valence-electron chi connectivity index (χ3n) is 4.11. The minimum absolute atomic E-state index is 0.144. The van der Waals surface area contributed by atoms with Gasteiger partial charge in [-0.05, 0) is 19.3 Å². The lowest BCUT2D eigenvalue weighted by Crippen LogP contribution is -2.42. The molecular weight excluding hydrogens is 334 g/mol. The molecule has 1 N–H and O–H groups in total. The number of nitrogens with zero attached hydrogens (tertiary/aromatic N) is 4. The highest BCUT2D eigenvalue weighted by molar-refractivity contribution is 7.87. The number of nitrogens with one attached hydrogen (secondary N) is 1. The number of hydrogen-bond donors (Lipinski definition) is 1. The van der Waals surface area contributed by atoms with Crippen LogP contribution in [-0.2, 0) is 14.9 Å². The van der Waals surface area contributed by atoms with Crippen molar-refractivity contribution in [3.63, 3.8) is 0 Å². The first-order chi connectivity index (χ1) is 11.4. The number of ether oxygens (including phenoxy) is 1. The number of fused-ring (bicyclic) bond motifs is 1. The summed E-state index contributed by atoms with van der Waals surface area (Å²) >= 11 is 0. The molecule has 3 heterocycles. The zero-order valence-electron chi connectivity index (χ0n) is 13.5. The number of carbonyl (C=O) groups excluding carboxylic acids is 1. The number of aromatic nitrogens is 3. The molecule has 0 bridgehead atoms. The van der Waals surface area contributed by atoms with E-state index in [-0.39, 0.29) is 11.5 Å². The van der Waals surface area contributed by atoms with E-state index in [2.05, 4.69) is 14.8 Å². The molecule has 130 valence electrons. The van der Waals surface area contributed by atoms with Crippen molar-refractivity contribution in [1.82, 2.24) is 23.6 Å². The Morgan fingerprint density at radius 2 is 2.29 bits per heavy atom. The fraction of sp³-hybridized carbons (Fsp3) is 0.500. The molecule has 1 saturated heterocycles. The Labute approximate surface area is 139 Å². The first-order valence-electron chi connectivity index (χ1n) is 7.53. The predicted octanol–water partition coefficient (Wildman–Crippen LogP) is -0.0194. The SMILES string of the molecule is COCC1CCN(S(=O)(=O)NC(=O)c2cnc3ccnn3c2C)C1. The summed E-state index contributed by atoms with van der Waals surface area (Å²) in [5, 5.41) is 4.07. The molecule has 0 saturated carbocycles. The summed E-state index contributed by atoms with van der Waals surface area (Å²) in [7, 11) is -2.31. The third kappa shape index (κ3) is 3.12. The number of methoxy groups -OCH3 is 1. The van der Waals surface area contributed by atoms with E-state index in [0.717, 1.165) is 0 Å². The number of hydrogen-bond acceptors (Lipinski definition) is 6. The van der Waals surface area contributed by atoms with E-state index in [1.54, 1.807) is 26.3 Å². The molecule has 10 heteroatoms. The van der Waals surface area contributed by atoms with Crippen LogP contribution >= 0.6 is 0 Å². The maximum absolute atomic E-state index is 12.4. The molecule has 0 radical (unpaired) electrons. The average molecular weight is 353 g/mol. The van der Waals surface area contributed by atoms with Crippen LogP contribution in [0.2, 0.25) is 0 Å². The Hall–Kier alpha value is -2.04. The lowest BCUT2D eigenvalue weighted by atomic mass is 10.1. The maximum atomic E-state index is 12.4. The standard InChI is InChI=1S/C14H19N5O4S/c1-10-12(7-15-13-3-5-16-19(10)13)14(20)17-24(21,22)18-6-4-11(8-18)9-23-2/h3,5,7,11H,4,6,8-9H2,1-2H3,(H,17,20). The van der Waals surface area contributed by atoms with Crippen LogP contribution in [-0.4, -0.2) is 60.0 Å². The number of aryl methyl sites for hydroxylation is 1. The molecule has 1 atom stereocenters. The maximum Gasteiger partial charge on any atom is 0.304 e. The van der Waals surface area contributed by atoms with Gasteiger partial charge in [-0.3, -0.25) is 4.79 Å². The highest BCUT2D eigenvalue weighted by atomic mass is 32.2. The summed E-state index contributed by atoms with van der Waals surface area (Å²) in [6, 6.07) is 1.70. The molecule has 24 heavy (non-hydrogen) atoms. The molecule has 0 aromatic carbocycles. The predicted molar refractivity (Wildman–Crippen MR) is 85.7 cm³/mol. The van der Waals surface area contributed by atoms with Crippen molar-refractivity contribution in [3.05, 3.63) is 29.7 Å². The van der Waals surface area contributed by atoms with Gasteiger partial charge in [0.1, 0.15) is 0 Å². The van der Waals surface area contributed by atoms with E-state index in [1.165, 1.54) is 15.0 Å². The van der Waals surface area contributed by atoms with Crippen LogP contribution in [0.4, 0.5) is 0 Å². The van der Waals surface area contributed by atoms with E-state index in [1.807, 2.05) is 0 Å². The van der Waals surface area contributed by atoms with Crippen LogP contribution in [0.25, 0.3) is 5.65 Å². The summed E-state index contributed by atoms with van der Waals surface area (Å²) < 4.78 is 34.7. The van der Waals surface area contributed by atoms with Crippen molar-refractivity contribution in [3.8, 4) is 0 Å². The molecule has 1 aliphatic heterocycles. The summed E-state index contributed by atoms with van der Waals surface area (Å²) in [4.78, 5) is 16.5. The Bertz CT molecular complexity index is 863. The molecule has 1 fully saturated rings. The van der Waals surface area contributed by atoms with Crippen LogP contribution in [0.15, 0.2) is 18.5 Å². The van der Waals surface area contributed by atoms with Crippen LogP contribution < -0.4 is 4.72 Å². The first kappa shape index (κ1) is 16.8.